The Morgan fingerprint density at radius 3 is 2.76 bits per heavy atom. The summed E-state index contributed by atoms with van der Waals surface area (Å²) in [5, 5.41) is 3.32. The average Bonchev–Trinajstić information content (AvgIpc) is 2.47. The van der Waals surface area contributed by atoms with Crippen LogP contribution in [0.5, 0.6) is 11.5 Å². The van der Waals surface area contributed by atoms with Crippen molar-refractivity contribution in [2.24, 2.45) is 0 Å². The molecule has 1 fully saturated rings. The molecule has 0 aromatic heterocycles. The molecule has 1 atom stereocenters. The Morgan fingerprint density at radius 1 is 1.38 bits per heavy atom. The highest BCUT2D eigenvalue weighted by Crippen LogP contribution is 2.25. The van der Waals surface area contributed by atoms with E-state index in [1.54, 1.807) is 7.11 Å². The number of nitrogens with one attached hydrogen (secondary N) is 1. The highest BCUT2D eigenvalue weighted by atomic mass is 35.5. The maximum Gasteiger partial charge on any atom is 0.226 e. The van der Waals surface area contributed by atoms with Gasteiger partial charge in [0, 0.05) is 25.7 Å². The normalized spacial score (nSPS) is 17.8. The van der Waals surface area contributed by atoms with Gasteiger partial charge in [-0.3, -0.25) is 4.79 Å². The lowest BCUT2D eigenvalue weighted by Crippen LogP contribution is -2.51. The van der Waals surface area contributed by atoms with Crippen LogP contribution in [0.1, 0.15) is 13.3 Å². The van der Waals surface area contributed by atoms with Crippen LogP contribution < -0.4 is 14.8 Å². The molecule has 0 bridgehead atoms. The van der Waals surface area contributed by atoms with Crippen molar-refractivity contribution in [3.8, 4) is 11.5 Å². The lowest BCUT2D eigenvalue weighted by molar-refractivity contribution is -0.132. The number of rotatable bonds is 5. The van der Waals surface area contributed by atoms with Gasteiger partial charge in [0.2, 0.25) is 5.91 Å². The monoisotopic (exact) mass is 314 g/mol. The fourth-order valence-corrected chi connectivity index (χ4v) is 2.30. The molecule has 1 aromatic rings. The Morgan fingerprint density at radius 2 is 2.10 bits per heavy atom. The largest absolute Gasteiger partial charge is 0.493 e. The number of nitrogens with zero attached hydrogens (tertiary/aromatic N) is 1. The predicted octanol–water partition coefficient (Wildman–Crippen LogP) is 1.71. The summed E-state index contributed by atoms with van der Waals surface area (Å²) < 4.78 is 10.8. The predicted molar refractivity (Wildman–Crippen MR) is 84.4 cm³/mol. The third-order valence-corrected chi connectivity index (χ3v) is 3.36. The lowest BCUT2D eigenvalue weighted by Gasteiger charge is -2.31. The summed E-state index contributed by atoms with van der Waals surface area (Å²) in [6, 6.07) is 7.82. The van der Waals surface area contributed by atoms with Gasteiger partial charge in [0.1, 0.15) is 0 Å². The van der Waals surface area contributed by atoms with Crippen LogP contribution in [0, 0.1) is 0 Å². The van der Waals surface area contributed by atoms with Crippen LogP contribution in [0.15, 0.2) is 24.3 Å². The zero-order valence-electron chi connectivity index (χ0n) is 12.5. The molecule has 0 radical (unpaired) electrons. The number of ether oxygens (including phenoxy) is 2. The molecule has 118 valence electrons. The topological polar surface area (TPSA) is 50.8 Å². The maximum atomic E-state index is 12.1. The first-order valence-electron chi connectivity index (χ1n) is 6.97. The second-order valence-corrected chi connectivity index (χ2v) is 4.94. The summed E-state index contributed by atoms with van der Waals surface area (Å²) in [5.41, 5.74) is 0. The fraction of sp³-hybridized carbons (Fsp3) is 0.533. The molecule has 1 saturated heterocycles. The summed E-state index contributed by atoms with van der Waals surface area (Å²) in [6.45, 7) is 4.87. The minimum atomic E-state index is 0. The van der Waals surface area contributed by atoms with Crippen LogP contribution in [0.25, 0.3) is 0 Å². The molecule has 0 aliphatic carbocycles. The molecule has 2 rings (SSSR count). The molecule has 5 nitrogen and oxygen atoms in total. The quantitative estimate of drug-likeness (QED) is 0.899. The van der Waals surface area contributed by atoms with Crippen molar-refractivity contribution in [1.29, 1.82) is 0 Å². The Balaban J connectivity index is 0.00000220. The highest BCUT2D eigenvalue weighted by molar-refractivity contribution is 5.85. The molecular weight excluding hydrogens is 292 g/mol. The van der Waals surface area contributed by atoms with Gasteiger partial charge in [0.05, 0.1) is 20.1 Å². The molecule has 1 aliphatic heterocycles. The van der Waals surface area contributed by atoms with Gasteiger partial charge in [-0.1, -0.05) is 12.1 Å². The molecule has 6 heteroatoms. The van der Waals surface area contributed by atoms with E-state index in [0.717, 1.165) is 19.6 Å². The second kappa shape index (κ2) is 8.74. The third-order valence-electron chi connectivity index (χ3n) is 3.36. The van der Waals surface area contributed by atoms with Gasteiger partial charge in [0.25, 0.3) is 0 Å². The molecule has 1 aromatic carbocycles. The number of halogens is 1. The number of methoxy groups -OCH3 is 1. The van der Waals surface area contributed by atoms with E-state index in [-0.39, 0.29) is 18.3 Å². The molecular formula is C15H23ClN2O3. The maximum absolute atomic E-state index is 12.1. The van der Waals surface area contributed by atoms with E-state index in [2.05, 4.69) is 12.2 Å². The lowest BCUT2D eigenvalue weighted by atomic mass is 10.2. The van der Waals surface area contributed by atoms with Crippen molar-refractivity contribution >= 4 is 18.3 Å². The number of para-hydroxylation sites is 2. The second-order valence-electron chi connectivity index (χ2n) is 4.94. The zero-order chi connectivity index (χ0) is 14.4. The first-order valence-corrected chi connectivity index (χ1v) is 6.97. The van der Waals surface area contributed by atoms with Crippen molar-refractivity contribution < 1.29 is 14.3 Å². The molecule has 0 saturated carbocycles. The Kier molecular flexibility index (Phi) is 7.32. The molecule has 21 heavy (non-hydrogen) atoms. The van der Waals surface area contributed by atoms with E-state index >= 15 is 0 Å². The van der Waals surface area contributed by atoms with Gasteiger partial charge in [0.15, 0.2) is 11.5 Å². The molecule has 1 heterocycles. The number of carbonyl (C=O) groups excluding carboxylic acids is 1. The van der Waals surface area contributed by atoms with Crippen molar-refractivity contribution in [2.75, 3.05) is 33.4 Å². The Labute approximate surface area is 132 Å². The van der Waals surface area contributed by atoms with Crippen LogP contribution in [0.4, 0.5) is 0 Å². The Hall–Kier alpha value is -1.46. The standard InChI is InChI=1S/C15H22N2O3.ClH/c1-12-11-17(9-8-16-12)15(18)7-10-20-14-6-4-3-5-13(14)19-2;/h3-6,12,16H,7-11H2,1-2H3;1H. The van der Waals surface area contributed by atoms with E-state index in [0.29, 0.717) is 30.6 Å². The molecule has 0 spiro atoms. The minimum Gasteiger partial charge on any atom is -0.493 e. The number of hydrogen-bond donors (Lipinski definition) is 1. The van der Waals surface area contributed by atoms with Crippen molar-refractivity contribution in [3.05, 3.63) is 24.3 Å². The van der Waals surface area contributed by atoms with Crippen LogP contribution in [0.3, 0.4) is 0 Å². The van der Waals surface area contributed by atoms with Crippen LogP contribution in [-0.4, -0.2) is 50.2 Å². The van der Waals surface area contributed by atoms with Gasteiger partial charge >= 0.3 is 0 Å². The van der Waals surface area contributed by atoms with Crippen LogP contribution >= 0.6 is 12.4 Å². The summed E-state index contributed by atoms with van der Waals surface area (Å²) >= 11 is 0. The highest BCUT2D eigenvalue weighted by Gasteiger charge is 2.20. The number of amides is 1. The number of carbonyl (C=O) groups is 1. The third kappa shape index (κ3) is 5.10. The van der Waals surface area contributed by atoms with E-state index in [1.165, 1.54) is 0 Å². The smallest absolute Gasteiger partial charge is 0.226 e. The number of hydrogen-bond acceptors (Lipinski definition) is 4. The minimum absolute atomic E-state index is 0. The summed E-state index contributed by atoms with van der Waals surface area (Å²) in [6.07, 6.45) is 0.394. The van der Waals surface area contributed by atoms with E-state index in [9.17, 15) is 4.79 Å². The van der Waals surface area contributed by atoms with Gasteiger partial charge in [-0.05, 0) is 19.1 Å². The van der Waals surface area contributed by atoms with Crippen molar-refractivity contribution in [3.63, 3.8) is 0 Å². The van der Waals surface area contributed by atoms with Gasteiger partial charge in [-0.25, -0.2) is 0 Å². The van der Waals surface area contributed by atoms with Gasteiger partial charge in [-0.15, -0.1) is 12.4 Å². The first kappa shape index (κ1) is 17.6. The molecule has 1 unspecified atom stereocenters. The number of piperazine rings is 1. The van der Waals surface area contributed by atoms with E-state index in [4.69, 9.17) is 9.47 Å². The summed E-state index contributed by atoms with van der Waals surface area (Å²) in [5.74, 6) is 1.51. The van der Waals surface area contributed by atoms with Gasteiger partial charge in [-0.2, -0.15) is 0 Å². The van der Waals surface area contributed by atoms with Crippen LogP contribution in [-0.2, 0) is 4.79 Å². The average molecular weight is 315 g/mol. The fourth-order valence-electron chi connectivity index (χ4n) is 2.30. The first-order chi connectivity index (χ1) is 9.70. The van der Waals surface area contributed by atoms with E-state index in [1.807, 2.05) is 29.2 Å². The van der Waals surface area contributed by atoms with E-state index < -0.39 is 0 Å². The van der Waals surface area contributed by atoms with Crippen molar-refractivity contribution in [1.82, 2.24) is 10.2 Å². The summed E-state index contributed by atoms with van der Waals surface area (Å²) in [4.78, 5) is 14.0. The SMILES string of the molecule is COc1ccccc1OCCC(=O)N1CCNC(C)C1.Cl. The van der Waals surface area contributed by atoms with Gasteiger partial charge < -0.3 is 19.7 Å². The zero-order valence-corrected chi connectivity index (χ0v) is 13.3. The van der Waals surface area contributed by atoms with Crippen molar-refractivity contribution in [2.45, 2.75) is 19.4 Å². The number of benzene rings is 1. The molecule has 1 N–H and O–H groups in total. The van der Waals surface area contributed by atoms with Crippen LogP contribution in [0.2, 0.25) is 0 Å². The molecule has 1 amide bonds. The summed E-state index contributed by atoms with van der Waals surface area (Å²) in [7, 11) is 1.61. The Bertz CT molecular complexity index is 456. The molecule has 1 aliphatic rings.